The number of nitrogens with one attached hydrogen (secondary N) is 2. The maximum Gasteiger partial charge on any atom is 0.460 e. The summed E-state index contributed by atoms with van der Waals surface area (Å²) in [7, 11) is 0. The fourth-order valence-corrected chi connectivity index (χ4v) is 2.78. The van der Waals surface area contributed by atoms with Crippen molar-refractivity contribution in [3.05, 3.63) is 58.9 Å². The summed E-state index contributed by atoms with van der Waals surface area (Å²) in [5, 5.41) is 10.3. The first-order valence-corrected chi connectivity index (χ1v) is 9.81. The molecule has 0 spiro atoms. The average Bonchev–Trinajstić information content (AvgIpc) is 2.82. The monoisotopic (exact) mass is 594 g/mol. The molecule has 2 aromatic carbocycles. The third-order valence-corrected chi connectivity index (χ3v) is 4.83. The van der Waals surface area contributed by atoms with Crippen molar-refractivity contribution in [2.75, 3.05) is 18.5 Å². The number of hydroxylamine groups is 1. The van der Waals surface area contributed by atoms with Gasteiger partial charge in [0.2, 0.25) is 0 Å². The van der Waals surface area contributed by atoms with Gasteiger partial charge in [-0.05, 0) is 24.3 Å². The van der Waals surface area contributed by atoms with Gasteiger partial charge in [0.25, 0.3) is 5.91 Å². The number of alkyl halides is 11. The van der Waals surface area contributed by atoms with Gasteiger partial charge >= 0.3 is 29.9 Å². The second-order valence-electron chi connectivity index (χ2n) is 7.40. The van der Waals surface area contributed by atoms with E-state index >= 15 is 0 Å². The largest absolute Gasteiger partial charge is 0.460 e. The number of rotatable bonds is 10. The fourth-order valence-electron chi connectivity index (χ4n) is 2.78. The zero-order valence-corrected chi connectivity index (χ0v) is 18.4. The molecular weight excluding hydrogens is 582 g/mol. The number of carbonyl (C=O) groups is 1. The van der Waals surface area contributed by atoms with Gasteiger partial charge in [0.15, 0.2) is 11.6 Å². The number of carbonyl (C=O) groups excluding carboxylic acids is 1. The van der Waals surface area contributed by atoms with E-state index in [0.717, 1.165) is 0 Å². The third-order valence-electron chi connectivity index (χ3n) is 4.83. The first kappa shape index (κ1) is 31.9. The highest BCUT2D eigenvalue weighted by Crippen LogP contribution is 2.59. The van der Waals surface area contributed by atoms with E-state index in [-0.39, 0.29) is 12.1 Å². The molecule has 2 rings (SSSR count). The Balaban J connectivity index is 2.50. The van der Waals surface area contributed by atoms with Crippen LogP contribution in [0, 0.1) is 17.5 Å². The molecular formula is C20H12F14N2O3. The highest BCUT2D eigenvalue weighted by Gasteiger charge is 2.87. The fraction of sp³-hybridized carbons (Fsp3) is 0.350. The molecule has 1 amide bonds. The SMILES string of the molecule is O=C(NOCCO)c1ccc(F)c(F)c1Nc1ccc(C(F)(F)C(F)(F)C(F)(F)C(F)(F)C(F)(F)F)cc1F. The van der Waals surface area contributed by atoms with E-state index in [2.05, 4.69) is 4.84 Å². The number of benzene rings is 2. The van der Waals surface area contributed by atoms with Gasteiger partial charge in [0.1, 0.15) is 5.82 Å². The summed E-state index contributed by atoms with van der Waals surface area (Å²) in [5.74, 6) is -36.4. The maximum atomic E-state index is 14.5. The summed E-state index contributed by atoms with van der Waals surface area (Å²) < 4.78 is 188. The summed E-state index contributed by atoms with van der Waals surface area (Å²) >= 11 is 0. The van der Waals surface area contributed by atoms with Crippen LogP contribution in [-0.4, -0.2) is 48.2 Å². The minimum atomic E-state index is -7.74. The lowest BCUT2D eigenvalue weighted by molar-refractivity contribution is -0.424. The minimum Gasteiger partial charge on any atom is -0.394 e. The average molecular weight is 594 g/mol. The van der Waals surface area contributed by atoms with Gasteiger partial charge in [0, 0.05) is 5.56 Å². The predicted octanol–water partition coefficient (Wildman–Crippen LogP) is 6.06. The second kappa shape index (κ2) is 10.7. The highest BCUT2D eigenvalue weighted by molar-refractivity contribution is 6.00. The van der Waals surface area contributed by atoms with Crippen LogP contribution in [0.4, 0.5) is 72.8 Å². The van der Waals surface area contributed by atoms with E-state index < -0.39 is 95.0 Å². The lowest BCUT2D eigenvalue weighted by Crippen LogP contribution is -2.65. The van der Waals surface area contributed by atoms with Gasteiger partial charge in [-0.3, -0.25) is 9.63 Å². The zero-order chi connectivity index (χ0) is 30.2. The van der Waals surface area contributed by atoms with E-state index in [0.29, 0.717) is 12.1 Å². The maximum absolute atomic E-state index is 14.5. The van der Waals surface area contributed by atoms with E-state index in [1.807, 2.05) is 0 Å². The van der Waals surface area contributed by atoms with Gasteiger partial charge in [-0.2, -0.15) is 48.3 Å². The highest BCUT2D eigenvalue weighted by atomic mass is 19.4. The Morgan fingerprint density at radius 1 is 0.795 bits per heavy atom. The molecule has 0 aliphatic carbocycles. The minimum absolute atomic E-state index is 0.00297. The summed E-state index contributed by atoms with van der Waals surface area (Å²) in [4.78, 5) is 16.5. The summed E-state index contributed by atoms with van der Waals surface area (Å²) in [6.45, 7) is -1.09. The molecule has 39 heavy (non-hydrogen) atoms. The normalized spacial score (nSPS) is 13.4. The van der Waals surface area contributed by atoms with Crippen LogP contribution in [0.25, 0.3) is 0 Å². The van der Waals surface area contributed by atoms with Gasteiger partial charge in [0.05, 0.1) is 30.2 Å². The van der Waals surface area contributed by atoms with Crippen molar-refractivity contribution in [1.29, 1.82) is 0 Å². The molecule has 3 N–H and O–H groups in total. The van der Waals surface area contributed by atoms with Crippen molar-refractivity contribution in [3.63, 3.8) is 0 Å². The molecule has 0 atom stereocenters. The number of hydrogen-bond donors (Lipinski definition) is 3. The molecule has 0 aromatic heterocycles. The van der Waals surface area contributed by atoms with Crippen LogP contribution in [0.3, 0.4) is 0 Å². The Morgan fingerprint density at radius 2 is 1.38 bits per heavy atom. The van der Waals surface area contributed by atoms with Crippen molar-refractivity contribution in [2.45, 2.75) is 29.9 Å². The first-order valence-electron chi connectivity index (χ1n) is 9.81. The van der Waals surface area contributed by atoms with Gasteiger partial charge in [-0.15, -0.1) is 0 Å². The quantitative estimate of drug-likeness (QED) is 0.178. The molecule has 0 aliphatic heterocycles. The van der Waals surface area contributed by atoms with Crippen LogP contribution in [0.5, 0.6) is 0 Å². The number of anilines is 2. The van der Waals surface area contributed by atoms with Crippen LogP contribution in [0.2, 0.25) is 0 Å². The van der Waals surface area contributed by atoms with Crippen LogP contribution < -0.4 is 10.8 Å². The Bertz CT molecular complexity index is 1220. The third kappa shape index (κ3) is 5.54. The van der Waals surface area contributed by atoms with Crippen molar-refractivity contribution in [1.82, 2.24) is 5.48 Å². The number of hydrogen-bond acceptors (Lipinski definition) is 4. The number of aliphatic hydroxyl groups excluding tert-OH is 1. The van der Waals surface area contributed by atoms with Gasteiger partial charge in [-0.1, -0.05) is 6.07 Å². The van der Waals surface area contributed by atoms with Crippen molar-refractivity contribution in [3.8, 4) is 0 Å². The lowest BCUT2D eigenvalue weighted by atomic mass is 9.93. The molecule has 218 valence electrons. The smallest absolute Gasteiger partial charge is 0.394 e. The van der Waals surface area contributed by atoms with Crippen LogP contribution >= 0.6 is 0 Å². The van der Waals surface area contributed by atoms with E-state index in [1.54, 1.807) is 10.8 Å². The zero-order valence-electron chi connectivity index (χ0n) is 18.4. The number of aliphatic hydroxyl groups is 1. The topological polar surface area (TPSA) is 70.6 Å². The van der Waals surface area contributed by atoms with E-state index in [4.69, 9.17) is 5.11 Å². The van der Waals surface area contributed by atoms with Gasteiger partial charge in [-0.25, -0.2) is 18.7 Å². The standard InChI is InChI=1S/C20H12F14N2O3/c21-10-3-2-9(15(38)36-39-6-5-37)14(13(10)23)35-12-4-1-8(7-11(12)22)16(24,25)17(26,27)18(28,29)19(30,31)20(32,33)34/h1-4,7,35,37H,5-6H2,(H,36,38). The molecule has 0 fully saturated rings. The van der Waals surface area contributed by atoms with Crippen molar-refractivity contribution >= 4 is 17.3 Å². The lowest BCUT2D eigenvalue weighted by Gasteiger charge is -2.37. The van der Waals surface area contributed by atoms with Crippen molar-refractivity contribution in [2.24, 2.45) is 0 Å². The molecule has 0 radical (unpaired) electrons. The summed E-state index contributed by atoms with van der Waals surface area (Å²) in [6, 6.07) is 0.00747. The predicted molar refractivity (Wildman–Crippen MR) is 101 cm³/mol. The molecule has 0 heterocycles. The Morgan fingerprint density at radius 3 is 1.90 bits per heavy atom. The summed E-state index contributed by atoms with van der Waals surface area (Å²) in [5.41, 5.74) is -4.12. The Kier molecular flexibility index (Phi) is 8.71. The number of amides is 1. The van der Waals surface area contributed by atoms with E-state index in [9.17, 15) is 66.3 Å². The molecule has 2 aromatic rings. The molecule has 0 aliphatic rings. The molecule has 19 heteroatoms. The van der Waals surface area contributed by atoms with Crippen LogP contribution in [0.1, 0.15) is 15.9 Å². The Labute approximate surface area is 207 Å². The van der Waals surface area contributed by atoms with E-state index in [1.165, 1.54) is 0 Å². The molecule has 0 unspecified atom stereocenters. The Hall–Kier alpha value is -3.35. The van der Waals surface area contributed by atoms with Crippen LogP contribution in [0.15, 0.2) is 30.3 Å². The van der Waals surface area contributed by atoms with Crippen molar-refractivity contribution < 1.29 is 76.2 Å². The molecule has 0 saturated heterocycles. The molecule has 0 saturated carbocycles. The molecule has 5 nitrogen and oxygen atoms in total. The number of halogens is 14. The second-order valence-corrected chi connectivity index (χ2v) is 7.40. The first-order chi connectivity index (χ1) is 17.6. The molecule has 0 bridgehead atoms. The van der Waals surface area contributed by atoms with Gasteiger partial charge < -0.3 is 10.4 Å². The summed E-state index contributed by atoms with van der Waals surface area (Å²) in [6.07, 6.45) is -7.39. The van der Waals surface area contributed by atoms with Crippen LogP contribution in [-0.2, 0) is 10.8 Å².